The Balaban J connectivity index is 1.62. The molecule has 1 amide bonds. The fourth-order valence-electron chi connectivity index (χ4n) is 4.42. The summed E-state index contributed by atoms with van der Waals surface area (Å²) in [6, 6.07) is 16.3. The number of aromatic amines is 1. The Kier molecular flexibility index (Phi) is 5.95. The van der Waals surface area contributed by atoms with Gasteiger partial charge in [0, 0.05) is 35.3 Å². The summed E-state index contributed by atoms with van der Waals surface area (Å²) >= 11 is 0. The molecule has 0 radical (unpaired) electrons. The third kappa shape index (κ3) is 4.08. The molecule has 0 saturated heterocycles. The molecule has 32 heavy (non-hydrogen) atoms. The van der Waals surface area contributed by atoms with Gasteiger partial charge in [0.05, 0.1) is 23.5 Å². The minimum Gasteiger partial charge on any atom is -0.352 e. The van der Waals surface area contributed by atoms with Crippen molar-refractivity contribution in [1.29, 1.82) is 0 Å². The van der Waals surface area contributed by atoms with Gasteiger partial charge in [-0.05, 0) is 57.0 Å². The van der Waals surface area contributed by atoms with Gasteiger partial charge >= 0.3 is 0 Å². The molecule has 164 valence electrons. The number of amides is 1. The predicted octanol–water partition coefficient (Wildman–Crippen LogP) is 4.12. The van der Waals surface area contributed by atoms with Crippen LogP contribution in [0, 0.1) is 20.8 Å². The molecule has 0 aliphatic heterocycles. The van der Waals surface area contributed by atoms with Crippen LogP contribution in [-0.4, -0.2) is 20.4 Å². The Labute approximate surface area is 187 Å². The molecule has 1 aromatic carbocycles. The topological polar surface area (TPSA) is 79.8 Å². The molecule has 0 spiro atoms. The number of H-pyrrole nitrogens is 1. The Bertz CT molecular complexity index is 1340. The second-order valence-electron chi connectivity index (χ2n) is 8.29. The minimum atomic E-state index is -0.158. The molecule has 3 heterocycles. The molecule has 1 atom stereocenters. The highest BCUT2D eigenvalue weighted by atomic mass is 16.1. The number of hydrogen-bond acceptors (Lipinski definition) is 3. The normalized spacial score (nSPS) is 12.1. The second kappa shape index (κ2) is 8.83. The summed E-state index contributed by atoms with van der Waals surface area (Å²) in [6.07, 6.45) is 1.96. The lowest BCUT2D eigenvalue weighted by Crippen LogP contribution is -2.29. The van der Waals surface area contributed by atoms with Crippen LogP contribution in [0.2, 0.25) is 0 Å². The first kappa shape index (κ1) is 21.6. The van der Waals surface area contributed by atoms with Crippen LogP contribution in [0.4, 0.5) is 0 Å². The van der Waals surface area contributed by atoms with Gasteiger partial charge in [-0.15, -0.1) is 0 Å². The summed E-state index contributed by atoms with van der Waals surface area (Å²) in [5.41, 5.74) is 7.09. The summed E-state index contributed by atoms with van der Waals surface area (Å²) in [6.45, 7) is 8.13. The van der Waals surface area contributed by atoms with Crippen molar-refractivity contribution in [3.05, 3.63) is 98.7 Å². The quantitative estimate of drug-likeness (QED) is 0.485. The van der Waals surface area contributed by atoms with E-state index in [1.54, 1.807) is 6.20 Å². The number of aryl methyl sites for hydroxylation is 2. The highest BCUT2D eigenvalue weighted by Crippen LogP contribution is 2.31. The zero-order chi connectivity index (χ0) is 22.8. The summed E-state index contributed by atoms with van der Waals surface area (Å²) in [5, 5.41) is 2.91. The molecule has 0 fully saturated rings. The summed E-state index contributed by atoms with van der Waals surface area (Å²) in [5.74, 6) is -0.135. The number of fused-ring (bicyclic) bond motifs is 1. The third-order valence-electron chi connectivity index (χ3n) is 6.09. The van der Waals surface area contributed by atoms with Crippen LogP contribution >= 0.6 is 0 Å². The van der Waals surface area contributed by atoms with Crippen molar-refractivity contribution in [2.24, 2.45) is 0 Å². The van der Waals surface area contributed by atoms with Crippen molar-refractivity contribution in [3.63, 3.8) is 0 Å². The summed E-state index contributed by atoms with van der Waals surface area (Å²) in [7, 11) is 0. The van der Waals surface area contributed by atoms with Crippen LogP contribution in [0.1, 0.15) is 46.6 Å². The second-order valence-corrected chi connectivity index (χ2v) is 8.29. The van der Waals surface area contributed by atoms with Gasteiger partial charge < -0.3 is 14.9 Å². The molecule has 0 bridgehead atoms. The summed E-state index contributed by atoms with van der Waals surface area (Å²) < 4.78 is 2.25. The van der Waals surface area contributed by atoms with Crippen molar-refractivity contribution in [2.45, 2.75) is 46.7 Å². The SMILES string of the molecule is Cc1cc(C)c(CNC(=O)Cc2c(C)n(C(C)c3ccccc3)c3cccnc23)c(=O)[nH]1. The third-order valence-corrected chi connectivity index (χ3v) is 6.09. The van der Waals surface area contributed by atoms with E-state index in [4.69, 9.17) is 0 Å². The van der Waals surface area contributed by atoms with Crippen LogP contribution in [0.5, 0.6) is 0 Å². The van der Waals surface area contributed by atoms with E-state index in [1.807, 2.05) is 57.2 Å². The number of carbonyl (C=O) groups excluding carboxylic acids is 1. The lowest BCUT2D eigenvalue weighted by molar-refractivity contribution is -0.120. The monoisotopic (exact) mass is 428 g/mol. The Morgan fingerprint density at radius 2 is 1.84 bits per heavy atom. The standard InChI is InChI=1S/C26H28N4O2/c1-16-13-17(2)29-26(32)22(16)15-28-24(31)14-21-19(4)30(23-11-8-12-27-25(21)23)18(3)20-9-6-5-7-10-20/h5-13,18H,14-15H2,1-4H3,(H,28,31)(H,29,32). The van der Waals surface area contributed by atoms with Crippen molar-refractivity contribution in [3.8, 4) is 0 Å². The highest BCUT2D eigenvalue weighted by Gasteiger charge is 2.21. The fraction of sp³-hybridized carbons (Fsp3) is 0.269. The van der Waals surface area contributed by atoms with Gasteiger partial charge in [-0.2, -0.15) is 0 Å². The number of carbonyl (C=O) groups is 1. The van der Waals surface area contributed by atoms with E-state index in [0.29, 0.717) is 5.56 Å². The first-order valence-corrected chi connectivity index (χ1v) is 10.8. The van der Waals surface area contributed by atoms with E-state index in [0.717, 1.165) is 33.5 Å². The smallest absolute Gasteiger partial charge is 0.253 e. The maximum atomic E-state index is 12.9. The Morgan fingerprint density at radius 3 is 2.56 bits per heavy atom. The molecule has 2 N–H and O–H groups in total. The van der Waals surface area contributed by atoms with E-state index >= 15 is 0 Å². The van der Waals surface area contributed by atoms with Gasteiger partial charge in [-0.3, -0.25) is 14.6 Å². The van der Waals surface area contributed by atoms with Crippen molar-refractivity contribution < 1.29 is 4.79 Å². The van der Waals surface area contributed by atoms with Crippen molar-refractivity contribution in [1.82, 2.24) is 19.9 Å². The fourth-order valence-corrected chi connectivity index (χ4v) is 4.42. The molecule has 1 unspecified atom stereocenters. The van der Waals surface area contributed by atoms with E-state index in [9.17, 15) is 9.59 Å². The minimum absolute atomic E-state index is 0.105. The number of aromatic nitrogens is 3. The van der Waals surface area contributed by atoms with E-state index < -0.39 is 0 Å². The molecule has 6 nitrogen and oxygen atoms in total. The average molecular weight is 429 g/mol. The lowest BCUT2D eigenvalue weighted by Gasteiger charge is -2.18. The molecule has 0 aliphatic rings. The van der Waals surface area contributed by atoms with Gasteiger partial charge in [0.2, 0.25) is 5.91 Å². The lowest BCUT2D eigenvalue weighted by atomic mass is 10.1. The van der Waals surface area contributed by atoms with Gasteiger partial charge in [0.1, 0.15) is 0 Å². The summed E-state index contributed by atoms with van der Waals surface area (Å²) in [4.78, 5) is 32.5. The highest BCUT2D eigenvalue weighted by molar-refractivity contribution is 5.88. The van der Waals surface area contributed by atoms with Crippen LogP contribution < -0.4 is 10.9 Å². The zero-order valence-electron chi connectivity index (χ0n) is 18.9. The molecule has 4 aromatic rings. The van der Waals surface area contributed by atoms with Crippen molar-refractivity contribution in [2.75, 3.05) is 0 Å². The molecule has 3 aromatic heterocycles. The van der Waals surface area contributed by atoms with Crippen molar-refractivity contribution >= 4 is 16.9 Å². The number of benzene rings is 1. The molecule has 0 saturated carbocycles. The number of hydrogen-bond donors (Lipinski definition) is 2. The van der Waals surface area contributed by atoms with E-state index in [2.05, 4.69) is 38.9 Å². The van der Waals surface area contributed by atoms with Gasteiger partial charge in [0.25, 0.3) is 5.56 Å². The number of rotatable bonds is 6. The largest absolute Gasteiger partial charge is 0.352 e. The molecular weight excluding hydrogens is 400 g/mol. The molecule has 0 aliphatic carbocycles. The van der Waals surface area contributed by atoms with E-state index in [1.165, 1.54) is 5.56 Å². The predicted molar refractivity (Wildman–Crippen MR) is 127 cm³/mol. The zero-order valence-corrected chi connectivity index (χ0v) is 18.9. The van der Waals surface area contributed by atoms with Crippen LogP contribution in [0.3, 0.4) is 0 Å². The Morgan fingerprint density at radius 1 is 1.09 bits per heavy atom. The van der Waals surface area contributed by atoms with Crippen LogP contribution in [0.15, 0.2) is 59.5 Å². The number of nitrogens with one attached hydrogen (secondary N) is 2. The molecule has 6 heteroatoms. The average Bonchev–Trinajstić information content (AvgIpc) is 3.04. The number of nitrogens with zero attached hydrogens (tertiary/aromatic N) is 2. The molecular formula is C26H28N4O2. The van der Waals surface area contributed by atoms with Gasteiger partial charge in [-0.1, -0.05) is 30.3 Å². The van der Waals surface area contributed by atoms with Crippen LogP contribution in [-0.2, 0) is 17.8 Å². The maximum absolute atomic E-state index is 12.9. The van der Waals surface area contributed by atoms with Gasteiger partial charge in [0.15, 0.2) is 0 Å². The maximum Gasteiger partial charge on any atom is 0.253 e. The molecule has 4 rings (SSSR count). The van der Waals surface area contributed by atoms with E-state index in [-0.39, 0.29) is 30.5 Å². The number of pyridine rings is 2. The van der Waals surface area contributed by atoms with Crippen LogP contribution in [0.25, 0.3) is 11.0 Å². The first-order valence-electron chi connectivity index (χ1n) is 10.8. The Hall–Kier alpha value is -3.67. The first-order chi connectivity index (χ1) is 15.4. The van der Waals surface area contributed by atoms with Gasteiger partial charge in [-0.25, -0.2) is 0 Å².